The molecule has 1 nitrogen and oxygen atoms in total. The molecule has 0 fully saturated rings. The lowest BCUT2D eigenvalue weighted by atomic mass is 10.4. The van der Waals surface area contributed by atoms with Gasteiger partial charge >= 0.3 is 0 Å². The summed E-state index contributed by atoms with van der Waals surface area (Å²) in [6.45, 7) is 0. The van der Waals surface area contributed by atoms with Crippen LogP contribution in [0.3, 0.4) is 0 Å². The summed E-state index contributed by atoms with van der Waals surface area (Å²) in [6, 6.07) is 0. The van der Waals surface area contributed by atoms with E-state index in [-0.39, 0.29) is 0 Å². The van der Waals surface area contributed by atoms with Gasteiger partial charge in [0.05, 0.1) is 4.05 Å². The number of hydrogen-bond donors (Lipinski definition) is 1. The molecule has 2 heteroatoms. The monoisotopic (exact) mass is 207 g/mol. The summed E-state index contributed by atoms with van der Waals surface area (Å²) in [5.74, 6) is 0. The molecule has 0 spiro atoms. The van der Waals surface area contributed by atoms with Gasteiger partial charge in [-0.15, -0.1) is 0 Å². The van der Waals surface area contributed by atoms with Crippen LogP contribution in [0.25, 0.3) is 0 Å². The number of hydrogen-bond acceptors (Lipinski definition) is 1. The molecule has 1 heterocycles. The molecular formula is C5H6IN. The molecule has 0 saturated heterocycles. The highest BCUT2D eigenvalue weighted by Gasteiger charge is 1.92. The minimum atomic E-state index is 0.489. The first-order valence-electron chi connectivity index (χ1n) is 2.13. The average molecular weight is 207 g/mol. The first-order valence-corrected chi connectivity index (χ1v) is 3.37. The molecular weight excluding hydrogens is 201 g/mol. The van der Waals surface area contributed by atoms with Crippen molar-refractivity contribution in [2.75, 3.05) is 0 Å². The van der Waals surface area contributed by atoms with Crippen molar-refractivity contribution in [1.29, 1.82) is 0 Å². The highest BCUT2D eigenvalue weighted by atomic mass is 127. The second-order valence-electron chi connectivity index (χ2n) is 1.31. The topological polar surface area (TPSA) is 12.0 Å². The number of halogens is 1. The van der Waals surface area contributed by atoms with E-state index in [1.807, 2.05) is 18.4 Å². The number of rotatable bonds is 0. The average Bonchev–Trinajstić information content (AvgIpc) is 1.69. The molecule has 0 saturated carbocycles. The van der Waals surface area contributed by atoms with Crippen molar-refractivity contribution in [3.05, 3.63) is 24.4 Å². The number of alkyl halides is 1. The second-order valence-corrected chi connectivity index (χ2v) is 2.65. The Kier molecular flexibility index (Phi) is 1.73. The van der Waals surface area contributed by atoms with E-state index in [1.54, 1.807) is 0 Å². The molecule has 1 rings (SSSR count). The van der Waals surface area contributed by atoms with Crippen LogP contribution >= 0.6 is 22.6 Å². The van der Waals surface area contributed by atoms with Gasteiger partial charge in [-0.2, -0.15) is 0 Å². The molecule has 38 valence electrons. The molecule has 1 aliphatic heterocycles. The number of nitrogens with one attached hydrogen (secondary N) is 1. The Balaban J connectivity index is 2.49. The molecule has 0 radical (unpaired) electrons. The lowest BCUT2D eigenvalue weighted by Gasteiger charge is -2.05. The first kappa shape index (κ1) is 5.15. The number of allylic oxidation sites excluding steroid dienone is 2. The maximum absolute atomic E-state index is 3.10. The van der Waals surface area contributed by atoms with Crippen molar-refractivity contribution in [2.45, 2.75) is 4.05 Å². The van der Waals surface area contributed by atoms with Crippen LogP contribution in [0.1, 0.15) is 0 Å². The molecule has 0 bridgehead atoms. The van der Waals surface area contributed by atoms with Crippen molar-refractivity contribution in [3.63, 3.8) is 0 Å². The van der Waals surface area contributed by atoms with Gasteiger partial charge < -0.3 is 5.32 Å². The third-order valence-corrected chi connectivity index (χ3v) is 1.52. The molecule has 1 aliphatic rings. The zero-order valence-electron chi connectivity index (χ0n) is 3.76. The van der Waals surface area contributed by atoms with Crippen LogP contribution in [-0.4, -0.2) is 4.05 Å². The third kappa shape index (κ3) is 1.51. The fourth-order valence-corrected chi connectivity index (χ4v) is 0.868. The third-order valence-electron chi connectivity index (χ3n) is 0.743. The molecule has 7 heavy (non-hydrogen) atoms. The SMILES string of the molecule is IC1C=CC=CN1. The zero-order chi connectivity index (χ0) is 5.11. The van der Waals surface area contributed by atoms with Crippen LogP contribution in [0.4, 0.5) is 0 Å². The number of dihydropyridines is 1. The van der Waals surface area contributed by atoms with Gasteiger partial charge in [-0.1, -0.05) is 34.7 Å². The molecule has 0 aliphatic carbocycles. The summed E-state index contributed by atoms with van der Waals surface area (Å²) in [5.41, 5.74) is 0. The summed E-state index contributed by atoms with van der Waals surface area (Å²) in [6.07, 6.45) is 8.06. The van der Waals surface area contributed by atoms with E-state index < -0.39 is 0 Å². The van der Waals surface area contributed by atoms with Crippen molar-refractivity contribution in [3.8, 4) is 0 Å². The van der Waals surface area contributed by atoms with Crippen molar-refractivity contribution in [1.82, 2.24) is 5.32 Å². The van der Waals surface area contributed by atoms with Crippen molar-refractivity contribution < 1.29 is 0 Å². The Morgan fingerprint density at radius 3 is 2.57 bits per heavy atom. The van der Waals surface area contributed by atoms with E-state index in [2.05, 4.69) is 34.0 Å². The van der Waals surface area contributed by atoms with Crippen LogP contribution in [0.2, 0.25) is 0 Å². The van der Waals surface area contributed by atoms with E-state index in [0.717, 1.165) is 0 Å². The van der Waals surface area contributed by atoms with E-state index in [1.165, 1.54) is 0 Å². The maximum Gasteiger partial charge on any atom is 0.0965 e. The van der Waals surface area contributed by atoms with Gasteiger partial charge in [0.1, 0.15) is 0 Å². The largest absolute Gasteiger partial charge is 0.376 e. The summed E-state index contributed by atoms with van der Waals surface area (Å²) >= 11 is 2.31. The van der Waals surface area contributed by atoms with Crippen molar-refractivity contribution >= 4 is 22.6 Å². The fraction of sp³-hybridized carbons (Fsp3) is 0.200. The molecule has 1 atom stereocenters. The molecule has 0 amide bonds. The Hall–Kier alpha value is 0.01000. The highest BCUT2D eigenvalue weighted by Crippen LogP contribution is 2.00. The van der Waals surface area contributed by atoms with E-state index in [0.29, 0.717) is 4.05 Å². The van der Waals surface area contributed by atoms with Gasteiger partial charge in [-0.25, -0.2) is 0 Å². The Labute approximate surface area is 56.6 Å². The Bertz CT molecular complexity index is 107. The van der Waals surface area contributed by atoms with Crippen LogP contribution in [0, 0.1) is 0 Å². The summed E-state index contributed by atoms with van der Waals surface area (Å²) in [4.78, 5) is 0. The molecule has 1 unspecified atom stereocenters. The van der Waals surface area contributed by atoms with Gasteiger partial charge in [-0.3, -0.25) is 0 Å². The van der Waals surface area contributed by atoms with Gasteiger partial charge in [0.15, 0.2) is 0 Å². The van der Waals surface area contributed by atoms with E-state index in [4.69, 9.17) is 0 Å². The normalized spacial score (nSPS) is 27.3. The second kappa shape index (κ2) is 2.35. The van der Waals surface area contributed by atoms with Crippen LogP contribution in [0.5, 0.6) is 0 Å². The van der Waals surface area contributed by atoms with Gasteiger partial charge in [0.25, 0.3) is 0 Å². The zero-order valence-corrected chi connectivity index (χ0v) is 5.92. The fourth-order valence-electron chi connectivity index (χ4n) is 0.420. The molecule has 0 aromatic heterocycles. The lowest BCUT2D eigenvalue weighted by Crippen LogP contribution is -2.15. The summed E-state index contributed by atoms with van der Waals surface area (Å²) in [7, 11) is 0. The molecule has 0 aromatic rings. The van der Waals surface area contributed by atoms with Gasteiger partial charge in [0, 0.05) is 0 Å². The Morgan fingerprint density at radius 1 is 1.43 bits per heavy atom. The summed E-state index contributed by atoms with van der Waals surface area (Å²) < 4.78 is 0.489. The Morgan fingerprint density at radius 2 is 2.29 bits per heavy atom. The minimum Gasteiger partial charge on any atom is -0.376 e. The van der Waals surface area contributed by atoms with Crippen LogP contribution in [-0.2, 0) is 0 Å². The first-order chi connectivity index (χ1) is 3.39. The highest BCUT2D eigenvalue weighted by molar-refractivity contribution is 14.1. The maximum atomic E-state index is 3.10. The van der Waals surface area contributed by atoms with E-state index in [9.17, 15) is 0 Å². The standard InChI is InChI=1S/C5H6IN/c6-5-3-1-2-4-7-5/h1-5,7H. The predicted molar refractivity (Wildman–Crippen MR) is 39.2 cm³/mol. The quantitative estimate of drug-likeness (QED) is 0.360. The van der Waals surface area contributed by atoms with Crippen LogP contribution < -0.4 is 5.32 Å². The van der Waals surface area contributed by atoms with E-state index >= 15 is 0 Å². The van der Waals surface area contributed by atoms with Gasteiger partial charge in [0.2, 0.25) is 0 Å². The predicted octanol–water partition coefficient (Wildman–Crippen LogP) is 1.42. The lowest BCUT2D eigenvalue weighted by molar-refractivity contribution is 0.943. The molecule has 0 aromatic carbocycles. The van der Waals surface area contributed by atoms with Crippen molar-refractivity contribution in [2.24, 2.45) is 0 Å². The molecule has 1 N–H and O–H groups in total. The van der Waals surface area contributed by atoms with Gasteiger partial charge in [-0.05, 0) is 12.3 Å². The summed E-state index contributed by atoms with van der Waals surface area (Å²) in [5, 5.41) is 3.10. The minimum absolute atomic E-state index is 0.489. The smallest absolute Gasteiger partial charge is 0.0965 e. The van der Waals surface area contributed by atoms with Crippen LogP contribution in [0.15, 0.2) is 24.4 Å².